The number of likely N-dealkylation sites (N-methyl/N-ethyl adjacent to an activating group) is 1. The van der Waals surface area contributed by atoms with E-state index in [0.29, 0.717) is 22.7 Å². The zero-order chi connectivity index (χ0) is 25.0. The van der Waals surface area contributed by atoms with Crippen LogP contribution >= 0.6 is 11.6 Å². The third-order valence-electron chi connectivity index (χ3n) is 5.02. The number of alkyl halides is 6. The van der Waals surface area contributed by atoms with E-state index in [2.05, 4.69) is 0 Å². The van der Waals surface area contributed by atoms with Crippen LogP contribution in [0.15, 0.2) is 42.5 Å². The average Bonchev–Trinajstić information content (AvgIpc) is 2.71. The second kappa shape index (κ2) is 10.5. The van der Waals surface area contributed by atoms with E-state index in [1.54, 1.807) is 24.3 Å². The SMILES string of the molecule is CN(C(=O)c1cc(C(F)(F)F)cc(C(F)(F)F)c1)C(CCCC(=O)O)Cc1ccc(Cl)cc1. The van der Waals surface area contributed by atoms with Gasteiger partial charge in [-0.25, -0.2) is 0 Å². The number of aliphatic carboxylic acids is 1. The Morgan fingerprint density at radius 3 is 1.94 bits per heavy atom. The molecule has 0 bridgehead atoms. The van der Waals surface area contributed by atoms with Gasteiger partial charge in [-0.15, -0.1) is 0 Å². The molecule has 11 heteroatoms. The number of hydrogen-bond acceptors (Lipinski definition) is 2. The van der Waals surface area contributed by atoms with E-state index in [1.165, 1.54) is 7.05 Å². The summed E-state index contributed by atoms with van der Waals surface area (Å²) < 4.78 is 79.0. The van der Waals surface area contributed by atoms with Gasteiger partial charge in [0.25, 0.3) is 5.91 Å². The Morgan fingerprint density at radius 1 is 0.970 bits per heavy atom. The van der Waals surface area contributed by atoms with Gasteiger partial charge in [0.15, 0.2) is 0 Å². The number of carboxylic acid groups (broad SMARTS) is 1. The Morgan fingerprint density at radius 2 is 1.48 bits per heavy atom. The predicted octanol–water partition coefficient (Wildman–Crippen LogP) is 6.32. The largest absolute Gasteiger partial charge is 0.481 e. The van der Waals surface area contributed by atoms with Gasteiger partial charge in [0.05, 0.1) is 11.1 Å². The lowest BCUT2D eigenvalue weighted by molar-refractivity contribution is -0.143. The molecule has 33 heavy (non-hydrogen) atoms. The molecule has 0 aliphatic carbocycles. The summed E-state index contributed by atoms with van der Waals surface area (Å²) in [5.74, 6) is -2.11. The molecule has 1 amide bonds. The van der Waals surface area contributed by atoms with Crippen molar-refractivity contribution in [3.8, 4) is 0 Å². The van der Waals surface area contributed by atoms with Crippen molar-refractivity contribution in [2.75, 3.05) is 7.05 Å². The molecule has 0 fully saturated rings. The number of rotatable bonds is 8. The summed E-state index contributed by atoms with van der Waals surface area (Å²) in [4.78, 5) is 24.8. The molecule has 0 radical (unpaired) electrons. The fourth-order valence-electron chi connectivity index (χ4n) is 3.26. The molecular formula is C22H20ClF6NO3. The fourth-order valence-corrected chi connectivity index (χ4v) is 3.39. The van der Waals surface area contributed by atoms with Gasteiger partial charge < -0.3 is 10.0 Å². The van der Waals surface area contributed by atoms with Crippen molar-refractivity contribution in [1.82, 2.24) is 4.90 Å². The Hall–Kier alpha value is -2.75. The molecule has 1 N–H and O–H groups in total. The van der Waals surface area contributed by atoms with Crippen LogP contribution in [-0.4, -0.2) is 35.0 Å². The third kappa shape index (κ3) is 7.66. The third-order valence-corrected chi connectivity index (χ3v) is 5.27. The summed E-state index contributed by atoms with van der Waals surface area (Å²) >= 11 is 5.85. The quantitative estimate of drug-likeness (QED) is 0.436. The molecule has 0 aliphatic rings. The number of carbonyl (C=O) groups excluding carboxylic acids is 1. The maximum absolute atomic E-state index is 13.2. The minimum Gasteiger partial charge on any atom is -0.481 e. The number of carbonyl (C=O) groups is 2. The molecule has 0 aromatic heterocycles. The molecule has 0 heterocycles. The van der Waals surface area contributed by atoms with Crippen molar-refractivity contribution in [2.24, 2.45) is 0 Å². The van der Waals surface area contributed by atoms with E-state index >= 15 is 0 Å². The first kappa shape index (κ1) is 26.5. The number of hydrogen-bond donors (Lipinski definition) is 1. The van der Waals surface area contributed by atoms with Crippen molar-refractivity contribution in [2.45, 2.75) is 44.1 Å². The first-order valence-electron chi connectivity index (χ1n) is 9.71. The lowest BCUT2D eigenvalue weighted by Crippen LogP contribution is -2.39. The Kier molecular flexibility index (Phi) is 8.40. The van der Waals surface area contributed by atoms with E-state index in [9.17, 15) is 35.9 Å². The van der Waals surface area contributed by atoms with E-state index < -0.39 is 47.0 Å². The lowest BCUT2D eigenvalue weighted by atomic mass is 9.98. The predicted molar refractivity (Wildman–Crippen MR) is 109 cm³/mol. The first-order chi connectivity index (χ1) is 15.2. The van der Waals surface area contributed by atoms with Crippen LogP contribution in [0, 0.1) is 0 Å². The number of amides is 1. The van der Waals surface area contributed by atoms with Crippen molar-refractivity contribution in [1.29, 1.82) is 0 Å². The number of benzene rings is 2. The molecule has 180 valence electrons. The molecular weight excluding hydrogens is 476 g/mol. The van der Waals surface area contributed by atoms with Gasteiger partial charge in [0, 0.05) is 30.1 Å². The van der Waals surface area contributed by atoms with E-state index in [1.807, 2.05) is 0 Å². The molecule has 0 spiro atoms. The monoisotopic (exact) mass is 495 g/mol. The molecule has 2 aromatic carbocycles. The maximum atomic E-state index is 13.2. The van der Waals surface area contributed by atoms with Crippen LogP contribution in [0.5, 0.6) is 0 Å². The highest BCUT2D eigenvalue weighted by Gasteiger charge is 2.38. The summed E-state index contributed by atoms with van der Waals surface area (Å²) in [7, 11) is 1.26. The van der Waals surface area contributed by atoms with Gasteiger partial charge >= 0.3 is 18.3 Å². The zero-order valence-corrected chi connectivity index (χ0v) is 18.1. The highest BCUT2D eigenvalue weighted by Crippen LogP contribution is 2.36. The molecule has 0 saturated carbocycles. The average molecular weight is 496 g/mol. The van der Waals surface area contributed by atoms with E-state index in [0.717, 1.165) is 4.90 Å². The Bertz CT molecular complexity index is 957. The van der Waals surface area contributed by atoms with E-state index in [-0.39, 0.29) is 31.7 Å². The molecule has 0 aliphatic heterocycles. The van der Waals surface area contributed by atoms with Crippen LogP contribution in [0.1, 0.15) is 46.3 Å². The first-order valence-corrected chi connectivity index (χ1v) is 10.1. The van der Waals surface area contributed by atoms with Crippen LogP contribution in [0.4, 0.5) is 26.3 Å². The molecule has 2 aromatic rings. The highest BCUT2D eigenvalue weighted by atomic mass is 35.5. The van der Waals surface area contributed by atoms with Crippen LogP contribution in [-0.2, 0) is 23.6 Å². The van der Waals surface area contributed by atoms with Gasteiger partial charge in [0.2, 0.25) is 0 Å². The number of carboxylic acids is 1. The minimum absolute atomic E-state index is 0.0468. The van der Waals surface area contributed by atoms with Gasteiger partial charge in [0.1, 0.15) is 0 Å². The number of nitrogens with zero attached hydrogens (tertiary/aromatic N) is 1. The molecule has 4 nitrogen and oxygen atoms in total. The standard InChI is InChI=1S/C22H20ClF6NO3/c1-30(18(3-2-4-19(31)32)9-13-5-7-17(23)8-6-13)20(33)14-10-15(21(24,25)26)12-16(11-14)22(27,28)29/h5-8,10-12,18H,2-4,9H2,1H3,(H,31,32). The van der Waals surface area contributed by atoms with Crippen LogP contribution in [0.25, 0.3) is 0 Å². The van der Waals surface area contributed by atoms with E-state index in [4.69, 9.17) is 16.7 Å². The van der Waals surface area contributed by atoms with Gasteiger partial charge in [-0.3, -0.25) is 9.59 Å². The summed E-state index contributed by atoms with van der Waals surface area (Å²) in [6, 6.07) is 6.55. The number of halogens is 7. The van der Waals surface area contributed by atoms with Crippen molar-refractivity contribution < 1.29 is 41.0 Å². The van der Waals surface area contributed by atoms with Crippen LogP contribution in [0.2, 0.25) is 5.02 Å². The topological polar surface area (TPSA) is 57.6 Å². The summed E-state index contributed by atoms with van der Waals surface area (Å²) in [5, 5.41) is 9.33. The maximum Gasteiger partial charge on any atom is 0.416 e. The van der Waals surface area contributed by atoms with Crippen molar-refractivity contribution in [3.63, 3.8) is 0 Å². The van der Waals surface area contributed by atoms with Crippen LogP contribution in [0.3, 0.4) is 0 Å². The highest BCUT2D eigenvalue weighted by molar-refractivity contribution is 6.30. The smallest absolute Gasteiger partial charge is 0.416 e. The van der Waals surface area contributed by atoms with Crippen molar-refractivity contribution >= 4 is 23.5 Å². The summed E-state index contributed by atoms with van der Waals surface area (Å²) in [5.41, 5.74) is -3.23. The molecule has 0 saturated heterocycles. The molecule has 1 unspecified atom stereocenters. The summed E-state index contributed by atoms with van der Waals surface area (Å²) in [6.07, 6.45) is -9.85. The van der Waals surface area contributed by atoms with Crippen molar-refractivity contribution in [3.05, 3.63) is 69.7 Å². The second-order valence-electron chi connectivity index (χ2n) is 7.48. The Balaban J connectivity index is 2.39. The Labute approximate surface area is 190 Å². The fraction of sp³-hybridized carbons (Fsp3) is 0.364. The molecule has 1 atom stereocenters. The van der Waals surface area contributed by atoms with Gasteiger partial charge in [-0.05, 0) is 55.2 Å². The second-order valence-corrected chi connectivity index (χ2v) is 7.92. The lowest BCUT2D eigenvalue weighted by Gasteiger charge is -2.29. The summed E-state index contributed by atoms with van der Waals surface area (Å²) in [6.45, 7) is 0. The minimum atomic E-state index is -5.08. The molecule has 2 rings (SSSR count). The van der Waals surface area contributed by atoms with Gasteiger partial charge in [-0.1, -0.05) is 23.7 Å². The normalized spacial score (nSPS) is 13.0. The van der Waals surface area contributed by atoms with Crippen LogP contribution < -0.4 is 0 Å². The van der Waals surface area contributed by atoms with Gasteiger partial charge in [-0.2, -0.15) is 26.3 Å². The zero-order valence-electron chi connectivity index (χ0n) is 17.3.